The van der Waals surface area contributed by atoms with E-state index in [9.17, 15) is 31.6 Å². The molecule has 3 heterocycles. The molecule has 2 amide bonds. The second-order valence-corrected chi connectivity index (χ2v) is 20.5. The van der Waals surface area contributed by atoms with E-state index in [1.54, 1.807) is 19.2 Å². The third-order valence-electron chi connectivity index (χ3n) is 13.4. The molecule has 328 valence electrons. The van der Waals surface area contributed by atoms with Crippen LogP contribution in [0.3, 0.4) is 0 Å². The first-order valence-corrected chi connectivity index (χ1v) is 23.0. The maximum absolute atomic E-state index is 15.1. The quantitative estimate of drug-likeness (QED) is 0.216. The third kappa shape index (κ3) is 9.18. The summed E-state index contributed by atoms with van der Waals surface area (Å²) in [6.07, 6.45) is 5.04. The number of halogens is 2. The maximum atomic E-state index is 15.1. The van der Waals surface area contributed by atoms with Gasteiger partial charge in [-0.25, -0.2) is 27.2 Å². The molecule has 1 aromatic heterocycles. The van der Waals surface area contributed by atoms with Crippen molar-refractivity contribution in [1.29, 1.82) is 0 Å². The summed E-state index contributed by atoms with van der Waals surface area (Å²) >= 11 is 0. The van der Waals surface area contributed by atoms with Gasteiger partial charge in [0.1, 0.15) is 23.7 Å². The van der Waals surface area contributed by atoms with Crippen LogP contribution in [0.1, 0.15) is 110 Å². The second-order valence-electron chi connectivity index (χ2n) is 18.5. The summed E-state index contributed by atoms with van der Waals surface area (Å²) in [5.41, 5.74) is -0.996. The molecule has 8 atom stereocenters. The summed E-state index contributed by atoms with van der Waals surface area (Å²) in [6.45, 7) is 7.24. The minimum absolute atomic E-state index is 0.0228. The van der Waals surface area contributed by atoms with E-state index in [0.29, 0.717) is 54.6 Å². The number of nitrogens with one attached hydrogen (secondary N) is 1. The number of alkyl halides is 2. The predicted octanol–water partition coefficient (Wildman–Crippen LogP) is 6.51. The van der Waals surface area contributed by atoms with Crippen LogP contribution in [0.25, 0.3) is 11.0 Å². The van der Waals surface area contributed by atoms with Crippen LogP contribution in [0.5, 0.6) is 11.6 Å². The van der Waals surface area contributed by atoms with Crippen molar-refractivity contribution < 1.29 is 50.6 Å². The van der Waals surface area contributed by atoms with Crippen LogP contribution < -0.4 is 14.2 Å². The highest BCUT2D eigenvalue weighted by Crippen LogP contribution is 2.59. The molecule has 1 saturated heterocycles. The van der Waals surface area contributed by atoms with Gasteiger partial charge in [0.05, 0.1) is 53.7 Å². The van der Waals surface area contributed by atoms with Gasteiger partial charge in [-0.15, -0.1) is 0 Å². The number of aromatic nitrogens is 2. The van der Waals surface area contributed by atoms with E-state index in [-0.39, 0.29) is 37.3 Å². The molecule has 3 fully saturated rings. The van der Waals surface area contributed by atoms with Crippen molar-refractivity contribution in [2.24, 2.45) is 34.5 Å². The Morgan fingerprint density at radius 1 is 1.03 bits per heavy atom. The van der Waals surface area contributed by atoms with E-state index < -0.39 is 92.4 Å². The molecule has 16 heteroatoms. The first-order chi connectivity index (χ1) is 28.4. The van der Waals surface area contributed by atoms with Gasteiger partial charge in [-0.1, -0.05) is 52.7 Å². The molecule has 3 aliphatic carbocycles. The number of methoxy groups -OCH3 is 1. The molecular weight excluding hydrogens is 799 g/mol. The van der Waals surface area contributed by atoms with E-state index in [1.807, 2.05) is 38.5 Å². The minimum atomic E-state index is -4.11. The number of hydrogen-bond donors (Lipinski definition) is 1. The van der Waals surface area contributed by atoms with Gasteiger partial charge in [0.25, 0.3) is 0 Å². The standard InChI is InChI=1S/C44H58F2N4O9S/c1-6-28-36-24-50(38(28)34(51)23-44(22-30(44)39(45)46)42(54)49-60(55,56)27-17-18-27)41(53)29(43(2,3)4)21-37(52)58-35-15-11-10-13-25(35)12-8-7-9-14-32-40(59-36)48-33-20-26(57-5)16-19-31(33)47-32/h10,13,16,19-20,25,27-30,35-36,38-39H,6-9,11-12,14-15,17-18,21-24H2,1-5H3,(H,49,54)/t25-,28-,29-,30+,35-,36+,38+,44-/m1/s1. The Morgan fingerprint density at radius 2 is 1.80 bits per heavy atom. The molecule has 1 aromatic carbocycles. The highest BCUT2D eigenvalue weighted by molar-refractivity contribution is 7.90. The fourth-order valence-corrected chi connectivity index (χ4v) is 10.9. The SMILES string of the molecule is CC[C@@H]1[C@@H]2CN(C(=O)[C@H](C(C)(C)C)CC(=O)O[C@@H]3CCC=C[C@H]3CCCCCc3nc4ccc(OC)cc4nc3O2)[C@@H]1C(=O)C[C@]1(C(=O)NS(=O)(=O)C2CC2)C[C@H]1C(F)F. The van der Waals surface area contributed by atoms with Gasteiger partial charge in [0.2, 0.25) is 34.1 Å². The highest BCUT2D eigenvalue weighted by atomic mass is 32.2. The molecule has 60 heavy (non-hydrogen) atoms. The number of ether oxygens (including phenoxy) is 3. The molecule has 2 aliphatic heterocycles. The number of ketones is 1. The number of esters is 1. The first kappa shape index (κ1) is 43.9. The maximum Gasteiger partial charge on any atom is 0.306 e. The Labute approximate surface area is 350 Å². The van der Waals surface area contributed by atoms with Crippen molar-refractivity contribution in [3.05, 3.63) is 36.0 Å². The van der Waals surface area contributed by atoms with Crippen LogP contribution in [0.4, 0.5) is 8.78 Å². The molecular formula is C44H58F2N4O9S. The molecule has 0 unspecified atom stereocenters. The molecule has 2 aromatic rings. The number of nitrogens with zero attached hydrogens (tertiary/aromatic N) is 3. The molecule has 0 spiro atoms. The summed E-state index contributed by atoms with van der Waals surface area (Å²) in [5.74, 6) is -5.16. The second kappa shape index (κ2) is 17.3. The molecule has 2 saturated carbocycles. The summed E-state index contributed by atoms with van der Waals surface area (Å²) in [7, 11) is -2.56. The monoisotopic (exact) mass is 856 g/mol. The van der Waals surface area contributed by atoms with Crippen molar-refractivity contribution in [3.63, 3.8) is 0 Å². The normalized spacial score (nSPS) is 30.4. The number of aryl methyl sites for hydroxylation is 1. The molecule has 1 N–H and O–H groups in total. The average molecular weight is 857 g/mol. The van der Waals surface area contributed by atoms with Gasteiger partial charge < -0.3 is 19.1 Å². The number of fused-ring (bicyclic) bond motifs is 5. The molecule has 0 radical (unpaired) electrons. The lowest BCUT2D eigenvalue weighted by Gasteiger charge is -2.36. The fraction of sp³-hybridized carbons (Fsp3) is 0.682. The Kier molecular flexibility index (Phi) is 12.6. The number of rotatable bonds is 9. The molecule has 2 bridgehead atoms. The summed E-state index contributed by atoms with van der Waals surface area (Å²) in [5, 5.41) is -0.785. The smallest absolute Gasteiger partial charge is 0.306 e. The number of carbonyl (C=O) groups excluding carboxylic acids is 4. The predicted molar refractivity (Wildman–Crippen MR) is 218 cm³/mol. The number of amides is 2. The lowest BCUT2D eigenvalue weighted by atomic mass is 9.77. The number of hydrogen-bond acceptors (Lipinski definition) is 11. The first-order valence-electron chi connectivity index (χ1n) is 21.5. The minimum Gasteiger partial charge on any atom is -0.497 e. The van der Waals surface area contributed by atoms with Crippen molar-refractivity contribution in [2.75, 3.05) is 13.7 Å². The van der Waals surface area contributed by atoms with Gasteiger partial charge in [0, 0.05) is 30.2 Å². The zero-order valence-electron chi connectivity index (χ0n) is 35.2. The number of Topliss-reactive ketones (excluding diaryl/α,β-unsaturated/α-hetero) is 1. The van der Waals surface area contributed by atoms with Crippen LogP contribution in [0.2, 0.25) is 0 Å². The van der Waals surface area contributed by atoms with E-state index in [1.165, 1.54) is 4.90 Å². The Hall–Kier alpha value is -4.21. The van der Waals surface area contributed by atoms with Crippen molar-refractivity contribution >= 4 is 44.6 Å². The lowest BCUT2D eigenvalue weighted by molar-refractivity contribution is -0.158. The Bertz CT molecular complexity index is 2120. The van der Waals surface area contributed by atoms with Crippen LogP contribution in [-0.2, 0) is 40.4 Å². The van der Waals surface area contributed by atoms with Crippen LogP contribution >= 0.6 is 0 Å². The van der Waals surface area contributed by atoms with E-state index in [4.69, 9.17) is 24.2 Å². The molecule has 13 nitrogen and oxygen atoms in total. The number of sulfonamides is 1. The lowest BCUT2D eigenvalue weighted by Crippen LogP contribution is -2.50. The van der Waals surface area contributed by atoms with Gasteiger partial charge in [-0.2, -0.15) is 0 Å². The third-order valence-corrected chi connectivity index (χ3v) is 15.2. The number of carbonyl (C=O) groups is 4. The highest BCUT2D eigenvalue weighted by Gasteiger charge is 2.66. The summed E-state index contributed by atoms with van der Waals surface area (Å²) in [4.78, 5) is 68.7. The number of allylic oxidation sites excluding steroid dienone is 1. The van der Waals surface area contributed by atoms with E-state index in [2.05, 4.69) is 12.2 Å². The molecule has 7 rings (SSSR count). The Balaban J connectivity index is 1.28. The Morgan fingerprint density at radius 3 is 2.47 bits per heavy atom. The van der Waals surface area contributed by atoms with Gasteiger partial charge in [-0.3, -0.25) is 23.9 Å². The van der Waals surface area contributed by atoms with Crippen LogP contribution in [0.15, 0.2) is 30.4 Å². The zero-order chi connectivity index (χ0) is 43.1. The van der Waals surface area contributed by atoms with Crippen molar-refractivity contribution in [2.45, 2.75) is 141 Å². The topological polar surface area (TPSA) is 171 Å². The van der Waals surface area contributed by atoms with Gasteiger partial charge >= 0.3 is 5.97 Å². The average Bonchev–Trinajstić information content (AvgIpc) is 4.13. The van der Waals surface area contributed by atoms with Gasteiger partial charge in [-0.05, 0) is 75.3 Å². The van der Waals surface area contributed by atoms with Gasteiger partial charge in [0.15, 0.2) is 5.78 Å². The summed E-state index contributed by atoms with van der Waals surface area (Å²) < 4.78 is 74.8. The fourth-order valence-electron chi connectivity index (χ4n) is 9.52. The van der Waals surface area contributed by atoms with Crippen molar-refractivity contribution in [1.82, 2.24) is 19.6 Å². The number of benzene rings is 1. The largest absolute Gasteiger partial charge is 0.497 e. The van der Waals surface area contributed by atoms with E-state index >= 15 is 4.79 Å². The van der Waals surface area contributed by atoms with E-state index in [0.717, 1.165) is 32.1 Å². The molecule has 5 aliphatic rings. The summed E-state index contributed by atoms with van der Waals surface area (Å²) in [6, 6.07) is 4.12. The van der Waals surface area contributed by atoms with Crippen molar-refractivity contribution in [3.8, 4) is 11.6 Å². The van der Waals surface area contributed by atoms with Crippen LogP contribution in [0, 0.1) is 34.5 Å². The zero-order valence-corrected chi connectivity index (χ0v) is 36.0. The van der Waals surface area contributed by atoms with Crippen LogP contribution in [-0.4, -0.2) is 90.4 Å².